The highest BCUT2D eigenvalue weighted by molar-refractivity contribution is 5.98. The van der Waals surface area contributed by atoms with Crippen LogP contribution in [0.1, 0.15) is 43.4 Å². The minimum Gasteiger partial charge on any atom is -0.328 e. The van der Waals surface area contributed by atoms with Crippen LogP contribution in [0.3, 0.4) is 0 Å². The van der Waals surface area contributed by atoms with Crippen molar-refractivity contribution in [2.24, 2.45) is 0 Å². The van der Waals surface area contributed by atoms with Crippen molar-refractivity contribution in [3.05, 3.63) is 94.6 Å². The van der Waals surface area contributed by atoms with Crippen LogP contribution in [0, 0.1) is 0 Å². The molecule has 3 heterocycles. The fourth-order valence-corrected chi connectivity index (χ4v) is 3.86. The van der Waals surface area contributed by atoms with E-state index >= 15 is 0 Å². The molecule has 0 atom stereocenters. The zero-order valence-corrected chi connectivity index (χ0v) is 15.2. The molecule has 5 rings (SSSR count). The van der Waals surface area contributed by atoms with Crippen LogP contribution in [-0.2, 0) is 26.2 Å². The molecule has 28 heavy (non-hydrogen) atoms. The highest BCUT2D eigenvalue weighted by Crippen LogP contribution is 2.25. The summed E-state index contributed by atoms with van der Waals surface area (Å²) in [4.78, 5) is 37.6. The van der Waals surface area contributed by atoms with Gasteiger partial charge in [0, 0.05) is 30.4 Å². The molecule has 0 N–H and O–H groups in total. The molecule has 0 bridgehead atoms. The minimum atomic E-state index is 0.00905. The Labute approximate surface area is 162 Å². The molecule has 138 valence electrons. The van der Waals surface area contributed by atoms with Crippen LogP contribution in [0.25, 0.3) is 0 Å². The van der Waals surface area contributed by atoms with Crippen LogP contribution >= 0.6 is 0 Å². The molecule has 2 aliphatic rings. The molecule has 0 unspecified atom stereocenters. The highest BCUT2D eigenvalue weighted by atomic mass is 16.2. The standard InChI is InChI=1S/C22H18N4O2/c27-21-18-7-3-1-5-15(18)11-25(21)13-17-9-10-23-20(24-17)14-26-12-16-6-2-4-8-19(16)22(26)28/h1-10H,11-14H2. The molecule has 0 fully saturated rings. The highest BCUT2D eigenvalue weighted by Gasteiger charge is 2.29. The lowest BCUT2D eigenvalue weighted by Gasteiger charge is -2.17. The van der Waals surface area contributed by atoms with Gasteiger partial charge in [0.2, 0.25) is 0 Å². The first kappa shape index (κ1) is 16.6. The third-order valence-electron chi connectivity index (χ3n) is 5.24. The maximum absolute atomic E-state index is 12.6. The maximum atomic E-state index is 12.6. The normalized spacial score (nSPS) is 15.1. The van der Waals surface area contributed by atoms with Gasteiger partial charge in [-0.25, -0.2) is 9.97 Å². The van der Waals surface area contributed by atoms with E-state index in [0.717, 1.165) is 27.9 Å². The SMILES string of the molecule is O=C1c2ccccc2CN1Cc1ccnc(CN2Cc3ccccc3C2=O)n1. The molecule has 0 saturated carbocycles. The van der Waals surface area contributed by atoms with Crippen molar-refractivity contribution in [3.63, 3.8) is 0 Å². The molecule has 3 aromatic rings. The first-order valence-corrected chi connectivity index (χ1v) is 9.24. The van der Waals surface area contributed by atoms with Gasteiger partial charge < -0.3 is 9.80 Å². The predicted octanol–water partition coefficient (Wildman–Crippen LogP) is 2.79. The number of amides is 2. The van der Waals surface area contributed by atoms with Gasteiger partial charge >= 0.3 is 0 Å². The second-order valence-electron chi connectivity index (χ2n) is 7.10. The summed E-state index contributed by atoms with van der Waals surface area (Å²) < 4.78 is 0. The number of fused-ring (bicyclic) bond motifs is 2. The minimum absolute atomic E-state index is 0.00905. The molecule has 1 aromatic heterocycles. The van der Waals surface area contributed by atoms with Crippen molar-refractivity contribution in [1.29, 1.82) is 0 Å². The van der Waals surface area contributed by atoms with E-state index in [9.17, 15) is 9.59 Å². The van der Waals surface area contributed by atoms with Crippen molar-refractivity contribution in [2.45, 2.75) is 26.2 Å². The predicted molar refractivity (Wildman–Crippen MR) is 102 cm³/mol. The summed E-state index contributed by atoms with van der Waals surface area (Å²) in [7, 11) is 0. The topological polar surface area (TPSA) is 66.4 Å². The van der Waals surface area contributed by atoms with Gasteiger partial charge in [0.05, 0.1) is 18.8 Å². The second kappa shape index (κ2) is 6.56. The summed E-state index contributed by atoms with van der Waals surface area (Å²) in [5, 5.41) is 0. The molecular weight excluding hydrogens is 352 g/mol. The van der Waals surface area contributed by atoms with Gasteiger partial charge in [0.25, 0.3) is 11.8 Å². The number of aromatic nitrogens is 2. The second-order valence-corrected chi connectivity index (χ2v) is 7.10. The smallest absolute Gasteiger partial charge is 0.254 e. The molecule has 2 aromatic carbocycles. The summed E-state index contributed by atoms with van der Waals surface area (Å²) >= 11 is 0. The van der Waals surface area contributed by atoms with Gasteiger partial charge in [-0.2, -0.15) is 0 Å². The van der Waals surface area contributed by atoms with Crippen LogP contribution in [0.5, 0.6) is 0 Å². The lowest BCUT2D eigenvalue weighted by atomic mass is 10.1. The van der Waals surface area contributed by atoms with E-state index in [-0.39, 0.29) is 11.8 Å². The summed E-state index contributed by atoms with van der Waals surface area (Å²) in [6.07, 6.45) is 1.69. The van der Waals surface area contributed by atoms with Gasteiger partial charge in [0.1, 0.15) is 5.82 Å². The lowest BCUT2D eigenvalue weighted by molar-refractivity contribution is 0.0761. The average molecular weight is 370 g/mol. The number of hydrogen-bond donors (Lipinski definition) is 0. The fourth-order valence-electron chi connectivity index (χ4n) is 3.86. The molecule has 6 nitrogen and oxygen atoms in total. The number of nitrogens with zero attached hydrogens (tertiary/aromatic N) is 4. The fraction of sp³-hybridized carbons (Fsp3) is 0.182. The number of carbonyl (C=O) groups is 2. The summed E-state index contributed by atoms with van der Waals surface area (Å²) in [6, 6.07) is 17.1. The Kier molecular flexibility index (Phi) is 3.90. The van der Waals surface area contributed by atoms with Crippen LogP contribution in [0.2, 0.25) is 0 Å². The zero-order chi connectivity index (χ0) is 19.1. The average Bonchev–Trinajstić information content (AvgIpc) is 3.20. The van der Waals surface area contributed by atoms with E-state index in [2.05, 4.69) is 9.97 Å². The van der Waals surface area contributed by atoms with E-state index in [1.165, 1.54) is 0 Å². The van der Waals surface area contributed by atoms with Gasteiger partial charge in [-0.15, -0.1) is 0 Å². The van der Waals surface area contributed by atoms with Gasteiger partial charge in [0.15, 0.2) is 0 Å². The quantitative estimate of drug-likeness (QED) is 0.708. The third kappa shape index (κ3) is 2.83. The lowest BCUT2D eigenvalue weighted by Crippen LogP contribution is -2.26. The number of carbonyl (C=O) groups excluding carboxylic acids is 2. The summed E-state index contributed by atoms with van der Waals surface area (Å²) in [6.45, 7) is 1.95. The number of rotatable bonds is 4. The van der Waals surface area contributed by atoms with Crippen LogP contribution < -0.4 is 0 Å². The van der Waals surface area contributed by atoms with E-state index < -0.39 is 0 Å². The van der Waals surface area contributed by atoms with Crippen molar-refractivity contribution < 1.29 is 9.59 Å². The molecule has 0 aliphatic carbocycles. The Balaban J connectivity index is 1.30. The first-order chi connectivity index (χ1) is 13.7. The van der Waals surface area contributed by atoms with Crippen LogP contribution in [-0.4, -0.2) is 31.6 Å². The molecule has 2 amide bonds. The zero-order valence-electron chi connectivity index (χ0n) is 15.2. The van der Waals surface area contributed by atoms with Gasteiger partial charge in [-0.1, -0.05) is 36.4 Å². The van der Waals surface area contributed by atoms with Crippen molar-refractivity contribution in [2.75, 3.05) is 0 Å². The Morgan fingerprint density at radius 3 is 1.93 bits per heavy atom. The van der Waals surface area contributed by atoms with Crippen LogP contribution in [0.4, 0.5) is 0 Å². The number of hydrogen-bond acceptors (Lipinski definition) is 4. The molecule has 6 heteroatoms. The molecule has 0 radical (unpaired) electrons. The summed E-state index contributed by atoms with van der Waals surface area (Å²) in [5.74, 6) is 0.624. The van der Waals surface area contributed by atoms with Gasteiger partial charge in [-0.05, 0) is 29.3 Å². The van der Waals surface area contributed by atoms with Crippen molar-refractivity contribution in [1.82, 2.24) is 19.8 Å². The third-order valence-corrected chi connectivity index (χ3v) is 5.24. The number of benzene rings is 2. The van der Waals surface area contributed by atoms with E-state index in [1.54, 1.807) is 16.0 Å². The largest absolute Gasteiger partial charge is 0.328 e. The van der Waals surface area contributed by atoms with Gasteiger partial charge in [-0.3, -0.25) is 9.59 Å². The Morgan fingerprint density at radius 2 is 1.32 bits per heavy atom. The Morgan fingerprint density at radius 1 is 0.750 bits per heavy atom. The Bertz CT molecular complexity index is 1010. The molecule has 2 aliphatic heterocycles. The van der Waals surface area contributed by atoms with E-state index in [0.29, 0.717) is 32.0 Å². The molecule has 0 spiro atoms. The maximum Gasteiger partial charge on any atom is 0.254 e. The van der Waals surface area contributed by atoms with Crippen LogP contribution in [0.15, 0.2) is 60.8 Å². The molecular formula is C22H18N4O2. The Hall–Kier alpha value is -3.54. The monoisotopic (exact) mass is 370 g/mol. The van der Waals surface area contributed by atoms with Crippen molar-refractivity contribution in [3.8, 4) is 0 Å². The van der Waals surface area contributed by atoms with E-state index in [4.69, 9.17) is 0 Å². The molecule has 0 saturated heterocycles. The van der Waals surface area contributed by atoms with Crippen molar-refractivity contribution >= 4 is 11.8 Å². The first-order valence-electron chi connectivity index (χ1n) is 9.24. The summed E-state index contributed by atoms with van der Waals surface area (Å²) in [5.41, 5.74) is 4.36. The van der Waals surface area contributed by atoms with E-state index in [1.807, 2.05) is 54.6 Å².